The summed E-state index contributed by atoms with van der Waals surface area (Å²) in [7, 11) is 1.97. The molecule has 0 aliphatic heterocycles. The van der Waals surface area contributed by atoms with Gasteiger partial charge in [0.25, 0.3) is 0 Å². The highest BCUT2D eigenvalue weighted by Crippen LogP contribution is 2.22. The Morgan fingerprint density at radius 2 is 1.11 bits per heavy atom. The summed E-state index contributed by atoms with van der Waals surface area (Å²) in [6.07, 6.45) is -1.70. The van der Waals surface area contributed by atoms with E-state index in [0.29, 0.717) is 0 Å². The Hall–Kier alpha value is -2.12. The molecule has 2 atom stereocenters. The minimum atomic E-state index is -1.61. The van der Waals surface area contributed by atoms with Crippen molar-refractivity contribution >= 4 is 23.9 Å². The fourth-order valence-corrected chi connectivity index (χ4v) is 1.44. The van der Waals surface area contributed by atoms with Crippen LogP contribution in [0, 0.1) is 11.8 Å². The summed E-state index contributed by atoms with van der Waals surface area (Å²) in [6.45, 7) is 0. The average molecular weight is 260 g/mol. The van der Waals surface area contributed by atoms with Crippen LogP contribution in [0.25, 0.3) is 0 Å². The number of hydrogen-bond acceptors (Lipinski definition) is 8. The predicted octanol–water partition coefficient (Wildman–Crippen LogP) is -3.16. The normalized spacial score (nSPS) is 13.2. The quantitative estimate of drug-likeness (QED) is 0.438. The van der Waals surface area contributed by atoms with Gasteiger partial charge in [0.15, 0.2) is 0 Å². The third kappa shape index (κ3) is 4.81. The first kappa shape index (κ1) is 15.9. The van der Waals surface area contributed by atoms with Gasteiger partial charge in [-0.3, -0.25) is 9.59 Å². The first-order valence-corrected chi connectivity index (χ1v) is 4.88. The molecule has 0 spiro atoms. The van der Waals surface area contributed by atoms with E-state index in [2.05, 4.69) is 9.47 Å². The molecule has 0 amide bonds. The second-order valence-electron chi connectivity index (χ2n) is 3.41. The maximum Gasteiger partial charge on any atom is 0.309 e. The van der Waals surface area contributed by atoms with E-state index >= 15 is 0 Å². The van der Waals surface area contributed by atoms with Crippen LogP contribution >= 0.6 is 0 Å². The first-order chi connectivity index (χ1) is 8.33. The Labute approximate surface area is 102 Å². The van der Waals surface area contributed by atoms with E-state index in [0.717, 1.165) is 14.2 Å². The number of aliphatic carboxylic acids is 2. The van der Waals surface area contributed by atoms with Crippen LogP contribution in [0.4, 0.5) is 0 Å². The van der Waals surface area contributed by atoms with E-state index in [9.17, 15) is 29.4 Å². The van der Waals surface area contributed by atoms with Crippen molar-refractivity contribution in [1.82, 2.24) is 0 Å². The maximum atomic E-state index is 11.4. The lowest BCUT2D eigenvalue weighted by Crippen LogP contribution is -2.40. The average Bonchev–Trinajstić information content (AvgIpc) is 2.30. The second kappa shape index (κ2) is 7.25. The summed E-state index contributed by atoms with van der Waals surface area (Å²) in [4.78, 5) is 43.7. The van der Waals surface area contributed by atoms with Gasteiger partial charge in [-0.15, -0.1) is 0 Å². The number of carboxylic acids is 2. The largest absolute Gasteiger partial charge is 0.550 e. The molecule has 0 rings (SSSR count). The van der Waals surface area contributed by atoms with Crippen molar-refractivity contribution in [3.63, 3.8) is 0 Å². The number of carbonyl (C=O) groups excluding carboxylic acids is 4. The summed E-state index contributed by atoms with van der Waals surface area (Å²) in [5.41, 5.74) is 0. The van der Waals surface area contributed by atoms with Crippen LogP contribution < -0.4 is 10.2 Å². The van der Waals surface area contributed by atoms with Crippen molar-refractivity contribution in [2.24, 2.45) is 11.8 Å². The van der Waals surface area contributed by atoms with Crippen LogP contribution in [0.5, 0.6) is 0 Å². The number of esters is 2. The summed E-state index contributed by atoms with van der Waals surface area (Å²) in [5.74, 6) is -8.28. The van der Waals surface area contributed by atoms with Gasteiger partial charge >= 0.3 is 11.9 Å². The molecule has 0 saturated heterocycles. The van der Waals surface area contributed by atoms with Crippen molar-refractivity contribution in [1.29, 1.82) is 0 Å². The summed E-state index contributed by atoms with van der Waals surface area (Å²) in [6, 6.07) is 0. The summed E-state index contributed by atoms with van der Waals surface area (Å²) >= 11 is 0. The van der Waals surface area contributed by atoms with E-state index in [-0.39, 0.29) is 0 Å². The highest BCUT2D eigenvalue weighted by molar-refractivity contribution is 5.87. The molecule has 0 aliphatic carbocycles. The van der Waals surface area contributed by atoms with Crippen LogP contribution in [-0.2, 0) is 28.7 Å². The Bertz CT molecular complexity index is 314. The Balaban J connectivity index is 5.17. The Morgan fingerprint density at radius 1 is 0.833 bits per heavy atom. The molecule has 0 saturated carbocycles. The van der Waals surface area contributed by atoms with Gasteiger partial charge in [-0.25, -0.2) is 0 Å². The van der Waals surface area contributed by atoms with Gasteiger partial charge in [-0.05, 0) is 0 Å². The zero-order chi connectivity index (χ0) is 14.3. The zero-order valence-electron chi connectivity index (χ0n) is 9.83. The Morgan fingerprint density at radius 3 is 1.28 bits per heavy atom. The molecule has 8 heteroatoms. The maximum absolute atomic E-state index is 11.4. The summed E-state index contributed by atoms with van der Waals surface area (Å²) in [5, 5.41) is 21.0. The number of hydrogen-bond donors (Lipinski definition) is 0. The number of ether oxygens (including phenoxy) is 2. The molecule has 0 heterocycles. The molecule has 0 fully saturated rings. The van der Waals surface area contributed by atoms with Gasteiger partial charge in [0, 0.05) is 24.8 Å². The van der Waals surface area contributed by atoms with E-state index < -0.39 is 48.6 Å². The fourth-order valence-electron chi connectivity index (χ4n) is 1.44. The van der Waals surface area contributed by atoms with E-state index in [1.165, 1.54) is 0 Å². The van der Waals surface area contributed by atoms with Gasteiger partial charge in [0.1, 0.15) is 0 Å². The van der Waals surface area contributed by atoms with E-state index in [4.69, 9.17) is 0 Å². The molecule has 0 aromatic heterocycles. The lowest BCUT2D eigenvalue weighted by molar-refractivity contribution is -0.310. The van der Waals surface area contributed by atoms with Crippen molar-refractivity contribution < 1.29 is 38.9 Å². The van der Waals surface area contributed by atoms with Crippen LogP contribution in [0.15, 0.2) is 0 Å². The number of methoxy groups -OCH3 is 2. The van der Waals surface area contributed by atoms with Crippen molar-refractivity contribution in [2.75, 3.05) is 14.2 Å². The number of carboxylic acid groups (broad SMARTS) is 2. The molecule has 0 aliphatic rings. The fraction of sp³-hybridized carbons (Fsp3) is 0.600. The van der Waals surface area contributed by atoms with Gasteiger partial charge < -0.3 is 29.3 Å². The molecular weight excluding hydrogens is 248 g/mol. The number of rotatable bonds is 7. The predicted molar refractivity (Wildman–Crippen MR) is 50.3 cm³/mol. The highest BCUT2D eigenvalue weighted by atomic mass is 16.5. The highest BCUT2D eigenvalue weighted by Gasteiger charge is 2.35. The topological polar surface area (TPSA) is 133 Å². The molecule has 0 N–H and O–H groups in total. The van der Waals surface area contributed by atoms with Crippen LogP contribution in [0.2, 0.25) is 0 Å². The van der Waals surface area contributed by atoms with Gasteiger partial charge in [-0.2, -0.15) is 0 Å². The molecule has 0 aromatic rings. The lowest BCUT2D eigenvalue weighted by Gasteiger charge is -2.23. The van der Waals surface area contributed by atoms with Gasteiger partial charge in [-0.1, -0.05) is 0 Å². The number of carbonyl (C=O) groups is 4. The standard InChI is InChI=1S/C10H14O8/c1-17-9(15)5(3-7(11)12)6(4-8(13)14)10(16)18-2/h5-6H,3-4H2,1-2H3,(H,11,12)(H,13,14)/p-2/t5-,6-/m1/s1. The van der Waals surface area contributed by atoms with Crippen LogP contribution in [-0.4, -0.2) is 38.1 Å². The monoisotopic (exact) mass is 260 g/mol. The van der Waals surface area contributed by atoms with E-state index in [1.807, 2.05) is 0 Å². The molecule has 0 unspecified atom stereocenters. The summed E-state index contributed by atoms with van der Waals surface area (Å²) < 4.78 is 8.64. The SMILES string of the molecule is COC(=O)[C@H](CC(=O)[O-])[C@@H](CC(=O)[O-])C(=O)OC. The zero-order valence-corrected chi connectivity index (χ0v) is 9.83. The van der Waals surface area contributed by atoms with Crippen molar-refractivity contribution in [3.8, 4) is 0 Å². The molecule has 0 aromatic carbocycles. The smallest absolute Gasteiger partial charge is 0.309 e. The van der Waals surface area contributed by atoms with Gasteiger partial charge in [0.2, 0.25) is 0 Å². The lowest BCUT2D eigenvalue weighted by atomic mass is 9.87. The molecule has 18 heavy (non-hydrogen) atoms. The molecule has 8 nitrogen and oxygen atoms in total. The van der Waals surface area contributed by atoms with Crippen LogP contribution in [0.3, 0.4) is 0 Å². The third-order valence-electron chi connectivity index (χ3n) is 2.27. The molecule has 0 radical (unpaired) electrons. The Kier molecular flexibility index (Phi) is 6.40. The third-order valence-corrected chi connectivity index (χ3v) is 2.27. The second-order valence-corrected chi connectivity index (χ2v) is 3.41. The van der Waals surface area contributed by atoms with Crippen LogP contribution in [0.1, 0.15) is 12.8 Å². The van der Waals surface area contributed by atoms with Crippen molar-refractivity contribution in [3.05, 3.63) is 0 Å². The van der Waals surface area contributed by atoms with E-state index in [1.54, 1.807) is 0 Å². The molecular formula is C10H12O8-2. The van der Waals surface area contributed by atoms with Crippen molar-refractivity contribution in [2.45, 2.75) is 12.8 Å². The first-order valence-electron chi connectivity index (χ1n) is 4.88. The molecule has 0 bridgehead atoms. The minimum Gasteiger partial charge on any atom is -0.550 e. The minimum absolute atomic E-state index is 0.848. The molecule has 102 valence electrons. The van der Waals surface area contributed by atoms with Gasteiger partial charge in [0.05, 0.1) is 26.1 Å².